The van der Waals surface area contributed by atoms with Crippen molar-refractivity contribution >= 4 is 35.1 Å². The number of unbranched alkanes of at least 4 members (excludes halogenated alkanes) is 6. The number of anilines is 1. The first-order chi connectivity index (χ1) is 19.7. The number of carbonyl (C=O) groups excluding carboxylic acids is 3. The number of halogens is 1. The van der Waals surface area contributed by atoms with Gasteiger partial charge >= 0.3 is 5.97 Å². The molecule has 0 radical (unpaired) electrons. The second-order valence-corrected chi connectivity index (χ2v) is 11.1. The quantitative estimate of drug-likeness (QED) is 0.146. The smallest absolute Gasteiger partial charge is 0.305 e. The van der Waals surface area contributed by atoms with Crippen LogP contribution in [0.5, 0.6) is 5.75 Å². The van der Waals surface area contributed by atoms with Gasteiger partial charge in [0.15, 0.2) is 0 Å². The Labute approximate surface area is 250 Å². The van der Waals surface area contributed by atoms with Crippen molar-refractivity contribution in [2.45, 2.75) is 82.8 Å². The van der Waals surface area contributed by atoms with E-state index in [1.807, 2.05) is 11.9 Å². The molecular weight excluding hydrogens is 548 g/mol. The molecule has 1 saturated heterocycles. The lowest BCUT2D eigenvalue weighted by Gasteiger charge is -2.38. The molecule has 2 rings (SSSR count). The number of nitrogen functional groups attached to an aromatic ring is 1. The minimum absolute atomic E-state index is 0.127. The van der Waals surface area contributed by atoms with Gasteiger partial charge in [-0.05, 0) is 44.7 Å². The molecule has 11 heteroatoms. The van der Waals surface area contributed by atoms with Gasteiger partial charge in [0, 0.05) is 52.7 Å². The lowest BCUT2D eigenvalue weighted by molar-refractivity contribution is -0.140. The minimum atomic E-state index is -0.269. The molecular formula is C30H49ClN4O6. The summed E-state index contributed by atoms with van der Waals surface area (Å²) in [4.78, 5) is 40.8. The molecule has 232 valence electrons. The number of hydrogen-bond donors (Lipinski definition) is 2. The van der Waals surface area contributed by atoms with Crippen LogP contribution in [0.15, 0.2) is 12.1 Å². The molecule has 1 aliphatic heterocycles. The number of piperidine rings is 1. The van der Waals surface area contributed by atoms with E-state index < -0.39 is 0 Å². The number of nitrogens with one attached hydrogen (secondary N) is 1. The van der Waals surface area contributed by atoms with Gasteiger partial charge in [-0.3, -0.25) is 14.4 Å². The van der Waals surface area contributed by atoms with Crippen molar-refractivity contribution in [3.8, 4) is 5.75 Å². The van der Waals surface area contributed by atoms with Gasteiger partial charge in [-0.25, -0.2) is 0 Å². The van der Waals surface area contributed by atoms with E-state index in [4.69, 9.17) is 26.8 Å². The number of benzene rings is 1. The van der Waals surface area contributed by atoms with Crippen LogP contribution in [0.4, 0.5) is 5.69 Å². The number of methoxy groups -OCH3 is 3. The molecule has 0 spiro atoms. The first kappa shape index (κ1) is 34.6. The third kappa shape index (κ3) is 12.1. The highest BCUT2D eigenvalue weighted by Crippen LogP contribution is 2.29. The number of esters is 1. The van der Waals surface area contributed by atoms with Crippen LogP contribution in [-0.4, -0.2) is 94.3 Å². The summed E-state index contributed by atoms with van der Waals surface area (Å²) < 4.78 is 15.7. The van der Waals surface area contributed by atoms with Crippen LogP contribution >= 0.6 is 11.6 Å². The molecule has 0 aromatic heterocycles. The van der Waals surface area contributed by atoms with Crippen LogP contribution < -0.4 is 15.8 Å². The van der Waals surface area contributed by atoms with Crippen LogP contribution in [0.2, 0.25) is 5.02 Å². The van der Waals surface area contributed by atoms with Crippen LogP contribution in [0.1, 0.15) is 81.0 Å². The standard InChI is InChI=1S/C30H49ClN4O6/c1-34(16-11-7-5-6-10-14-29(37)41-4)28(36)13-9-8-12-17-35-18-15-25(27(21-35)40-3)33-30(38)22-19-23(31)24(32)20-26(22)39-2/h19-20,25,27H,5-18,21,32H2,1-4H3,(H,33,38)/t25-,27+/m1/s1. The zero-order chi connectivity index (χ0) is 30.2. The van der Waals surface area contributed by atoms with Crippen molar-refractivity contribution in [1.29, 1.82) is 0 Å². The summed E-state index contributed by atoms with van der Waals surface area (Å²) in [5.74, 6) is 0.160. The summed E-state index contributed by atoms with van der Waals surface area (Å²) in [5, 5.41) is 3.39. The molecule has 1 aliphatic rings. The second-order valence-electron chi connectivity index (χ2n) is 10.7. The van der Waals surface area contributed by atoms with E-state index in [0.717, 1.165) is 84.0 Å². The number of hydrogen-bond acceptors (Lipinski definition) is 8. The van der Waals surface area contributed by atoms with Crippen molar-refractivity contribution < 1.29 is 28.6 Å². The average Bonchev–Trinajstić information content (AvgIpc) is 2.97. The topological polar surface area (TPSA) is 123 Å². The average molecular weight is 597 g/mol. The van der Waals surface area contributed by atoms with Crippen molar-refractivity contribution in [1.82, 2.24) is 15.1 Å². The fourth-order valence-electron chi connectivity index (χ4n) is 5.10. The Morgan fingerprint density at radius 3 is 2.41 bits per heavy atom. The fourth-order valence-corrected chi connectivity index (χ4v) is 5.27. The Balaban J connectivity index is 1.62. The number of likely N-dealkylation sites (tertiary alicyclic amines) is 1. The zero-order valence-corrected chi connectivity index (χ0v) is 26.0. The van der Waals surface area contributed by atoms with E-state index in [9.17, 15) is 14.4 Å². The Morgan fingerprint density at radius 2 is 1.71 bits per heavy atom. The molecule has 2 amide bonds. The molecule has 1 aromatic rings. The predicted octanol–water partition coefficient (Wildman–Crippen LogP) is 4.28. The van der Waals surface area contributed by atoms with Gasteiger partial charge < -0.3 is 35.1 Å². The second kappa shape index (κ2) is 18.8. The lowest BCUT2D eigenvalue weighted by atomic mass is 10.00. The van der Waals surface area contributed by atoms with Gasteiger partial charge in [0.2, 0.25) is 5.91 Å². The van der Waals surface area contributed by atoms with E-state index in [1.165, 1.54) is 20.3 Å². The molecule has 0 unspecified atom stereocenters. The molecule has 1 heterocycles. The predicted molar refractivity (Wildman–Crippen MR) is 161 cm³/mol. The highest BCUT2D eigenvalue weighted by atomic mass is 35.5. The molecule has 10 nitrogen and oxygen atoms in total. The van der Waals surface area contributed by atoms with Gasteiger partial charge in [0.25, 0.3) is 5.91 Å². The first-order valence-corrected chi connectivity index (χ1v) is 15.1. The Kier molecular flexibility index (Phi) is 15.9. The maximum Gasteiger partial charge on any atom is 0.305 e. The summed E-state index contributed by atoms with van der Waals surface area (Å²) in [6.45, 7) is 3.29. The van der Waals surface area contributed by atoms with Crippen molar-refractivity contribution in [3.05, 3.63) is 22.7 Å². The monoisotopic (exact) mass is 596 g/mol. The summed E-state index contributed by atoms with van der Waals surface area (Å²) in [5.41, 5.74) is 6.54. The van der Waals surface area contributed by atoms with Crippen LogP contribution in [0.3, 0.4) is 0 Å². The van der Waals surface area contributed by atoms with E-state index in [-0.39, 0.29) is 29.9 Å². The Hall–Kier alpha value is -2.56. The van der Waals surface area contributed by atoms with Gasteiger partial charge in [0.05, 0.1) is 42.6 Å². The van der Waals surface area contributed by atoms with Gasteiger partial charge in [-0.15, -0.1) is 0 Å². The number of ether oxygens (including phenoxy) is 3. The lowest BCUT2D eigenvalue weighted by Crippen LogP contribution is -2.54. The van der Waals surface area contributed by atoms with Crippen LogP contribution in [0.25, 0.3) is 0 Å². The number of nitrogens with two attached hydrogens (primary N) is 1. The van der Waals surface area contributed by atoms with E-state index in [2.05, 4.69) is 15.0 Å². The van der Waals surface area contributed by atoms with E-state index >= 15 is 0 Å². The highest BCUT2D eigenvalue weighted by molar-refractivity contribution is 6.33. The Morgan fingerprint density at radius 1 is 1.02 bits per heavy atom. The van der Waals surface area contributed by atoms with Crippen molar-refractivity contribution in [2.24, 2.45) is 0 Å². The van der Waals surface area contributed by atoms with Crippen LogP contribution in [-0.2, 0) is 19.1 Å². The summed E-state index contributed by atoms with van der Waals surface area (Å²) in [6, 6.07) is 2.96. The largest absolute Gasteiger partial charge is 0.496 e. The van der Waals surface area contributed by atoms with Gasteiger partial charge in [0.1, 0.15) is 5.75 Å². The minimum Gasteiger partial charge on any atom is -0.496 e. The van der Waals surface area contributed by atoms with Crippen molar-refractivity contribution in [2.75, 3.05) is 60.3 Å². The normalized spacial score (nSPS) is 17.2. The number of carbonyl (C=O) groups is 3. The van der Waals surface area contributed by atoms with Crippen LogP contribution in [0, 0.1) is 0 Å². The summed E-state index contributed by atoms with van der Waals surface area (Å²) in [6.07, 6.45) is 9.56. The van der Waals surface area contributed by atoms with E-state index in [1.54, 1.807) is 13.2 Å². The molecule has 3 N–H and O–H groups in total. The summed E-state index contributed by atoms with van der Waals surface area (Å²) in [7, 11) is 6.46. The highest BCUT2D eigenvalue weighted by Gasteiger charge is 2.31. The van der Waals surface area contributed by atoms with Gasteiger partial charge in [-0.1, -0.05) is 37.3 Å². The Bertz CT molecular complexity index is 979. The maximum atomic E-state index is 13.0. The third-order valence-electron chi connectivity index (χ3n) is 7.72. The molecule has 1 aromatic carbocycles. The summed E-state index contributed by atoms with van der Waals surface area (Å²) >= 11 is 6.13. The maximum absolute atomic E-state index is 13.0. The molecule has 2 atom stereocenters. The zero-order valence-electron chi connectivity index (χ0n) is 25.2. The fraction of sp³-hybridized carbons (Fsp3) is 0.700. The third-order valence-corrected chi connectivity index (χ3v) is 8.05. The molecule has 0 saturated carbocycles. The number of rotatable bonds is 18. The molecule has 0 aliphatic carbocycles. The number of nitrogens with zero attached hydrogens (tertiary/aromatic N) is 2. The SMILES string of the molecule is COC(=O)CCCCCCCN(C)C(=O)CCCCCN1CC[C@@H](NC(=O)c2cc(Cl)c(N)cc2OC)[C@@H](OC)C1. The van der Waals surface area contributed by atoms with Crippen molar-refractivity contribution in [3.63, 3.8) is 0 Å². The first-order valence-electron chi connectivity index (χ1n) is 14.7. The molecule has 0 bridgehead atoms. The van der Waals surface area contributed by atoms with Gasteiger partial charge in [-0.2, -0.15) is 0 Å². The molecule has 1 fully saturated rings. The molecule has 41 heavy (non-hydrogen) atoms. The number of amides is 2. The van der Waals surface area contributed by atoms with E-state index in [0.29, 0.717) is 34.9 Å².